The molecule has 0 heterocycles. The Morgan fingerprint density at radius 1 is 1.50 bits per heavy atom. The summed E-state index contributed by atoms with van der Waals surface area (Å²) < 4.78 is 23.8. The number of hydrogen-bond acceptors (Lipinski definition) is 3. The zero-order valence-corrected chi connectivity index (χ0v) is 10.1. The van der Waals surface area contributed by atoms with Gasteiger partial charge in [0, 0.05) is 5.02 Å². The second kappa shape index (κ2) is 4.84. The van der Waals surface area contributed by atoms with E-state index in [4.69, 9.17) is 16.7 Å². The van der Waals surface area contributed by atoms with Crippen LogP contribution in [0.25, 0.3) is 0 Å². The fraction of sp³-hybridized carbons (Fsp3) is 0.300. The lowest BCUT2D eigenvalue weighted by Gasteiger charge is -2.11. The van der Waals surface area contributed by atoms with E-state index in [0.29, 0.717) is 0 Å². The van der Waals surface area contributed by atoms with Gasteiger partial charge in [-0.1, -0.05) is 24.6 Å². The van der Waals surface area contributed by atoms with Crippen molar-refractivity contribution < 1.29 is 18.3 Å². The van der Waals surface area contributed by atoms with Gasteiger partial charge in [0.05, 0.1) is 4.90 Å². The maximum atomic E-state index is 11.9. The van der Waals surface area contributed by atoms with E-state index in [0.717, 1.165) is 0 Å². The Bertz CT molecular complexity index is 495. The van der Waals surface area contributed by atoms with E-state index >= 15 is 0 Å². The topological polar surface area (TPSA) is 71.4 Å². The van der Waals surface area contributed by atoms with E-state index in [2.05, 4.69) is 0 Å². The Morgan fingerprint density at radius 3 is 2.56 bits per heavy atom. The van der Waals surface area contributed by atoms with Gasteiger partial charge in [0.1, 0.15) is 0 Å². The molecule has 0 amide bonds. The van der Waals surface area contributed by atoms with Gasteiger partial charge < -0.3 is 5.11 Å². The largest absolute Gasteiger partial charge is 0.480 e. The van der Waals surface area contributed by atoms with Crippen LogP contribution in [0, 0.1) is 0 Å². The molecule has 1 rings (SSSR count). The molecule has 0 aromatic heterocycles. The molecule has 0 aliphatic heterocycles. The summed E-state index contributed by atoms with van der Waals surface area (Å²) in [7, 11) is -3.86. The maximum Gasteiger partial charge on any atom is 0.322 e. The monoisotopic (exact) mass is 262 g/mol. The van der Waals surface area contributed by atoms with Crippen molar-refractivity contribution >= 4 is 27.4 Å². The van der Waals surface area contributed by atoms with Gasteiger partial charge in [0.2, 0.25) is 0 Å². The zero-order chi connectivity index (χ0) is 12.3. The molecule has 1 aromatic rings. The first kappa shape index (κ1) is 13.0. The molecular formula is C10H11ClO4S. The highest BCUT2D eigenvalue weighted by molar-refractivity contribution is 7.92. The molecule has 1 N–H and O–H groups in total. The molecule has 16 heavy (non-hydrogen) atoms. The Kier molecular flexibility index (Phi) is 3.93. The van der Waals surface area contributed by atoms with E-state index in [1.807, 2.05) is 0 Å². The molecule has 1 atom stereocenters. The van der Waals surface area contributed by atoms with Crippen molar-refractivity contribution in [2.45, 2.75) is 23.5 Å². The summed E-state index contributed by atoms with van der Waals surface area (Å²) in [5, 5.41) is 7.67. The van der Waals surface area contributed by atoms with E-state index in [1.54, 1.807) is 0 Å². The van der Waals surface area contributed by atoms with Crippen LogP contribution in [0.4, 0.5) is 0 Å². The lowest BCUT2D eigenvalue weighted by Crippen LogP contribution is -2.29. The number of rotatable bonds is 4. The van der Waals surface area contributed by atoms with Crippen LogP contribution in [-0.4, -0.2) is 24.7 Å². The first-order valence-electron chi connectivity index (χ1n) is 4.62. The van der Waals surface area contributed by atoms with Crippen molar-refractivity contribution in [3.8, 4) is 0 Å². The van der Waals surface area contributed by atoms with Gasteiger partial charge >= 0.3 is 5.97 Å². The number of aliphatic carboxylic acids is 1. The Labute approximate surface area is 98.8 Å². The molecule has 0 saturated carbocycles. The summed E-state index contributed by atoms with van der Waals surface area (Å²) in [5.74, 6) is -1.34. The van der Waals surface area contributed by atoms with Gasteiger partial charge in [-0.05, 0) is 24.6 Å². The minimum atomic E-state index is -3.86. The predicted octanol–water partition coefficient (Wildman–Crippen LogP) is 1.98. The van der Waals surface area contributed by atoms with Crippen molar-refractivity contribution in [3.63, 3.8) is 0 Å². The van der Waals surface area contributed by atoms with E-state index in [1.165, 1.54) is 31.2 Å². The Balaban J connectivity index is 3.25. The second-order valence-corrected chi connectivity index (χ2v) is 5.80. The summed E-state index contributed by atoms with van der Waals surface area (Å²) in [5.41, 5.74) is 0. The molecule has 88 valence electrons. The zero-order valence-electron chi connectivity index (χ0n) is 8.55. The summed E-state index contributed by atoms with van der Waals surface area (Å²) in [6.45, 7) is 1.51. The fourth-order valence-electron chi connectivity index (χ4n) is 1.34. The third-order valence-electron chi connectivity index (χ3n) is 2.15. The van der Waals surface area contributed by atoms with Gasteiger partial charge in [0.15, 0.2) is 15.1 Å². The minimum absolute atomic E-state index is 0.0180. The molecule has 1 aromatic carbocycles. The smallest absolute Gasteiger partial charge is 0.322 e. The minimum Gasteiger partial charge on any atom is -0.480 e. The van der Waals surface area contributed by atoms with E-state index < -0.39 is 21.1 Å². The highest BCUT2D eigenvalue weighted by Gasteiger charge is 2.32. The van der Waals surface area contributed by atoms with Crippen LogP contribution in [0.5, 0.6) is 0 Å². The lowest BCUT2D eigenvalue weighted by molar-refractivity contribution is -0.136. The summed E-state index contributed by atoms with van der Waals surface area (Å²) in [4.78, 5) is 10.8. The third-order valence-corrected chi connectivity index (χ3v) is 4.58. The van der Waals surface area contributed by atoms with Crippen LogP contribution in [0.2, 0.25) is 5.02 Å². The lowest BCUT2D eigenvalue weighted by atomic mass is 10.3. The molecule has 0 fully saturated rings. The molecular weight excluding hydrogens is 252 g/mol. The molecule has 6 heteroatoms. The highest BCUT2D eigenvalue weighted by atomic mass is 35.5. The second-order valence-electron chi connectivity index (χ2n) is 3.24. The molecule has 0 spiro atoms. The number of carbonyl (C=O) groups is 1. The van der Waals surface area contributed by atoms with Gasteiger partial charge in [-0.15, -0.1) is 0 Å². The Hall–Kier alpha value is -1.07. The maximum absolute atomic E-state index is 11.9. The molecule has 1 unspecified atom stereocenters. The first-order valence-corrected chi connectivity index (χ1v) is 6.54. The van der Waals surface area contributed by atoms with Crippen LogP contribution in [0.3, 0.4) is 0 Å². The van der Waals surface area contributed by atoms with Crippen LogP contribution < -0.4 is 0 Å². The summed E-state index contributed by atoms with van der Waals surface area (Å²) in [6, 6.07) is 5.60. The standard InChI is InChI=1S/C10H11ClO4S/c1-2-9(10(12)13)16(14,15)8-5-3-4-7(11)6-8/h3-6,9H,2H2,1H3,(H,12,13). The van der Waals surface area contributed by atoms with E-state index in [-0.39, 0.29) is 16.3 Å². The fourth-order valence-corrected chi connectivity index (χ4v) is 3.18. The summed E-state index contributed by atoms with van der Waals surface area (Å²) >= 11 is 5.67. The number of halogens is 1. The number of carboxylic acid groups (broad SMARTS) is 1. The Morgan fingerprint density at radius 2 is 2.12 bits per heavy atom. The normalized spacial score (nSPS) is 13.4. The third kappa shape index (κ3) is 2.54. The van der Waals surface area contributed by atoms with Gasteiger partial charge in [-0.3, -0.25) is 4.79 Å². The molecule has 0 aliphatic rings. The SMILES string of the molecule is CCC(C(=O)O)S(=O)(=O)c1cccc(Cl)c1. The van der Waals surface area contributed by atoms with Crippen molar-refractivity contribution in [3.05, 3.63) is 29.3 Å². The number of benzene rings is 1. The van der Waals surface area contributed by atoms with Crippen LogP contribution >= 0.6 is 11.6 Å². The average Bonchev–Trinajstić information content (AvgIpc) is 2.17. The van der Waals surface area contributed by atoms with Crippen LogP contribution in [0.15, 0.2) is 29.2 Å². The molecule has 0 bridgehead atoms. The van der Waals surface area contributed by atoms with Crippen molar-refractivity contribution in [2.75, 3.05) is 0 Å². The van der Waals surface area contributed by atoms with E-state index in [9.17, 15) is 13.2 Å². The number of carboxylic acids is 1. The summed E-state index contributed by atoms with van der Waals surface area (Å²) in [6.07, 6.45) is 0.0180. The molecule has 0 radical (unpaired) electrons. The van der Waals surface area contributed by atoms with Crippen LogP contribution in [-0.2, 0) is 14.6 Å². The average molecular weight is 263 g/mol. The molecule has 0 aliphatic carbocycles. The van der Waals surface area contributed by atoms with Gasteiger partial charge in [-0.25, -0.2) is 8.42 Å². The first-order chi connectivity index (χ1) is 7.39. The molecule has 0 saturated heterocycles. The van der Waals surface area contributed by atoms with Gasteiger partial charge in [-0.2, -0.15) is 0 Å². The number of hydrogen-bond donors (Lipinski definition) is 1. The van der Waals surface area contributed by atoms with Crippen molar-refractivity contribution in [1.29, 1.82) is 0 Å². The predicted molar refractivity (Wildman–Crippen MR) is 60.4 cm³/mol. The quantitative estimate of drug-likeness (QED) is 0.901. The molecule has 4 nitrogen and oxygen atoms in total. The highest BCUT2D eigenvalue weighted by Crippen LogP contribution is 2.21. The van der Waals surface area contributed by atoms with Crippen molar-refractivity contribution in [2.24, 2.45) is 0 Å². The van der Waals surface area contributed by atoms with Crippen molar-refractivity contribution in [1.82, 2.24) is 0 Å². The van der Waals surface area contributed by atoms with Crippen LogP contribution in [0.1, 0.15) is 13.3 Å². The van der Waals surface area contributed by atoms with Gasteiger partial charge in [0.25, 0.3) is 0 Å². The number of sulfone groups is 1.